The molecule has 0 saturated heterocycles. The van der Waals surface area contributed by atoms with Gasteiger partial charge in [0, 0.05) is 34.0 Å². The highest BCUT2D eigenvalue weighted by molar-refractivity contribution is 6.05. The number of para-hydroxylation sites is 2. The van der Waals surface area contributed by atoms with Crippen molar-refractivity contribution < 1.29 is 0 Å². The van der Waals surface area contributed by atoms with Gasteiger partial charge in [0.25, 0.3) is 0 Å². The highest BCUT2D eigenvalue weighted by Gasteiger charge is 2.25. The number of hydrogen-bond acceptors (Lipinski definition) is 3. The summed E-state index contributed by atoms with van der Waals surface area (Å²) in [7, 11) is 0. The Bertz CT molecular complexity index is 1940. The van der Waals surface area contributed by atoms with Crippen LogP contribution in [0.25, 0.3) is 38.3 Å². The fraction of sp³-hybridized carbons (Fsp3) is 0.0303. The molecule has 37 heavy (non-hydrogen) atoms. The quantitative estimate of drug-likeness (QED) is 0.254. The summed E-state index contributed by atoms with van der Waals surface area (Å²) < 4.78 is 0. The van der Waals surface area contributed by atoms with Crippen LogP contribution in [0.3, 0.4) is 0 Å². The number of anilines is 3. The molecule has 0 spiro atoms. The number of hydrogen-bond donors (Lipinski definition) is 0. The first-order chi connectivity index (χ1) is 18.3. The fourth-order valence-electron chi connectivity index (χ4n) is 5.74. The lowest BCUT2D eigenvalue weighted by atomic mass is 9.94. The van der Waals surface area contributed by atoms with Crippen LogP contribution in [-0.4, -0.2) is 15.0 Å². The molecule has 0 radical (unpaired) electrons. The van der Waals surface area contributed by atoms with Crippen LogP contribution in [0, 0.1) is 0 Å². The zero-order valence-electron chi connectivity index (χ0n) is 20.0. The maximum Gasteiger partial charge on any atom is 0.121 e. The molecular weight excluding hydrogens is 452 g/mol. The Labute approximate surface area is 214 Å². The van der Waals surface area contributed by atoms with E-state index in [1.165, 1.54) is 27.9 Å². The predicted molar refractivity (Wildman–Crippen MR) is 151 cm³/mol. The van der Waals surface area contributed by atoms with Crippen LogP contribution in [0.4, 0.5) is 17.1 Å². The van der Waals surface area contributed by atoms with Gasteiger partial charge in [-0.3, -0.25) is 0 Å². The van der Waals surface area contributed by atoms with Gasteiger partial charge >= 0.3 is 0 Å². The van der Waals surface area contributed by atoms with Crippen molar-refractivity contribution in [2.45, 2.75) is 6.42 Å². The summed E-state index contributed by atoms with van der Waals surface area (Å²) >= 11 is 0. The van der Waals surface area contributed by atoms with E-state index < -0.39 is 0 Å². The summed E-state index contributed by atoms with van der Waals surface area (Å²) in [5.41, 5.74) is 9.07. The van der Waals surface area contributed by atoms with E-state index in [9.17, 15) is 0 Å². The second-order valence-electron chi connectivity index (χ2n) is 9.56. The molecule has 1 aliphatic rings. The van der Waals surface area contributed by atoms with Gasteiger partial charge in [-0.2, -0.15) is 0 Å². The van der Waals surface area contributed by atoms with Gasteiger partial charge in [-0.15, -0.1) is 15.0 Å². The molecule has 4 heteroatoms. The number of fused-ring (bicyclic) bond motifs is 6. The molecule has 4 nitrogen and oxygen atoms in total. The minimum Gasteiger partial charge on any atom is -0.309 e. The van der Waals surface area contributed by atoms with E-state index in [2.05, 4.69) is 126 Å². The van der Waals surface area contributed by atoms with Gasteiger partial charge in [0.05, 0.1) is 11.4 Å². The summed E-state index contributed by atoms with van der Waals surface area (Å²) in [6.07, 6.45) is 0.941. The van der Waals surface area contributed by atoms with Crippen molar-refractivity contribution in [1.29, 1.82) is 0 Å². The Kier molecular flexibility index (Phi) is 4.25. The molecular formula is C33H22N4. The van der Waals surface area contributed by atoms with Crippen LogP contribution in [-0.2, 0) is 6.42 Å². The maximum absolute atomic E-state index is 4.97. The minimum atomic E-state index is 0.894. The third-order valence-electron chi connectivity index (χ3n) is 7.46. The Balaban J connectivity index is 1.37. The molecule has 0 atom stereocenters. The van der Waals surface area contributed by atoms with Crippen molar-refractivity contribution in [2.24, 2.45) is 0 Å². The Morgan fingerprint density at radius 2 is 1.05 bits per heavy atom. The number of nitrogens with zero attached hydrogens (tertiary/aromatic N) is 4. The smallest absolute Gasteiger partial charge is 0.121 e. The van der Waals surface area contributed by atoms with Crippen LogP contribution in [0.15, 0.2) is 121 Å². The second kappa shape index (κ2) is 7.77. The first-order valence-electron chi connectivity index (χ1n) is 12.6. The summed E-state index contributed by atoms with van der Waals surface area (Å²) in [4.78, 5) is 4.20. The van der Waals surface area contributed by atoms with Crippen LogP contribution in [0.2, 0.25) is 0 Å². The van der Waals surface area contributed by atoms with Crippen molar-refractivity contribution in [3.63, 3.8) is 0 Å². The molecule has 6 aromatic carbocycles. The van der Waals surface area contributed by atoms with E-state index in [0.29, 0.717) is 0 Å². The maximum atomic E-state index is 4.97. The molecule has 7 aromatic rings. The number of aromatic nitrogens is 3. The molecule has 0 aliphatic carbocycles. The molecule has 0 unspecified atom stereocenters. The molecule has 0 fully saturated rings. The van der Waals surface area contributed by atoms with Crippen molar-refractivity contribution in [3.05, 3.63) is 132 Å². The Morgan fingerprint density at radius 3 is 1.81 bits per heavy atom. The molecule has 174 valence electrons. The van der Waals surface area contributed by atoms with E-state index in [-0.39, 0.29) is 0 Å². The van der Waals surface area contributed by atoms with Crippen LogP contribution in [0.1, 0.15) is 11.1 Å². The molecule has 1 aliphatic heterocycles. The molecule has 0 amide bonds. The Hall–Kier alpha value is -4.96. The molecule has 0 bridgehead atoms. The van der Waals surface area contributed by atoms with Crippen molar-refractivity contribution in [3.8, 4) is 5.69 Å². The van der Waals surface area contributed by atoms with Gasteiger partial charge < -0.3 is 4.90 Å². The molecule has 2 heterocycles. The van der Waals surface area contributed by atoms with Crippen molar-refractivity contribution >= 4 is 49.6 Å². The topological polar surface area (TPSA) is 34.0 Å². The normalized spacial score (nSPS) is 12.7. The summed E-state index contributed by atoms with van der Waals surface area (Å²) in [5, 5.41) is 14.4. The first kappa shape index (κ1) is 20.3. The summed E-state index contributed by atoms with van der Waals surface area (Å²) in [6, 6.07) is 42.9. The fourth-order valence-corrected chi connectivity index (χ4v) is 5.74. The summed E-state index contributed by atoms with van der Waals surface area (Å²) in [6.45, 7) is 0. The van der Waals surface area contributed by atoms with E-state index >= 15 is 0 Å². The average molecular weight is 475 g/mol. The largest absolute Gasteiger partial charge is 0.309 e. The number of rotatable bonds is 2. The van der Waals surface area contributed by atoms with E-state index in [4.69, 9.17) is 10.2 Å². The lowest BCUT2D eigenvalue weighted by Crippen LogP contribution is -2.18. The molecule has 8 rings (SSSR count). The zero-order chi connectivity index (χ0) is 24.3. The lowest BCUT2D eigenvalue weighted by Gasteiger charge is -2.34. The second-order valence-corrected chi connectivity index (χ2v) is 9.56. The predicted octanol–water partition coefficient (Wildman–Crippen LogP) is 8.10. The van der Waals surface area contributed by atoms with Gasteiger partial charge in [0.15, 0.2) is 0 Å². The highest BCUT2D eigenvalue weighted by Crippen LogP contribution is 2.46. The van der Waals surface area contributed by atoms with Gasteiger partial charge in [-0.05, 0) is 46.8 Å². The first-order valence-corrected chi connectivity index (χ1v) is 12.6. The minimum absolute atomic E-state index is 0.894. The number of benzene rings is 6. The molecule has 0 saturated carbocycles. The van der Waals surface area contributed by atoms with Gasteiger partial charge in [-0.1, -0.05) is 91.0 Å². The van der Waals surface area contributed by atoms with Gasteiger partial charge in [0.2, 0.25) is 0 Å². The lowest BCUT2D eigenvalue weighted by molar-refractivity contribution is 0.772. The third-order valence-corrected chi connectivity index (χ3v) is 7.46. The van der Waals surface area contributed by atoms with E-state index in [0.717, 1.165) is 45.0 Å². The third kappa shape index (κ3) is 3.02. The highest BCUT2D eigenvalue weighted by atomic mass is 15.5. The average Bonchev–Trinajstić information content (AvgIpc) is 3.40. The molecule has 0 N–H and O–H groups in total. The summed E-state index contributed by atoms with van der Waals surface area (Å²) in [5.74, 6) is 0. The monoisotopic (exact) mass is 474 g/mol. The van der Waals surface area contributed by atoms with Gasteiger partial charge in [0.1, 0.15) is 11.0 Å². The van der Waals surface area contributed by atoms with E-state index in [1.54, 1.807) is 4.80 Å². The SMILES string of the molecule is c1ccc2c(c1)Cc1ccccc1N2c1ccc(-n2nc3ccc4ccccc4c3n2)c2ccccc12. The van der Waals surface area contributed by atoms with Crippen LogP contribution < -0.4 is 4.90 Å². The Morgan fingerprint density at radius 1 is 0.459 bits per heavy atom. The zero-order valence-corrected chi connectivity index (χ0v) is 20.0. The van der Waals surface area contributed by atoms with Gasteiger partial charge in [-0.25, -0.2) is 0 Å². The van der Waals surface area contributed by atoms with Crippen molar-refractivity contribution in [1.82, 2.24) is 15.0 Å². The standard InChI is InChI=1S/C33H22N4/c1-4-12-25-22(9-1)17-18-28-33(25)35-37(34-28)32-20-19-31(26-13-5-6-14-27(26)32)36-29-15-7-2-10-23(29)21-24-11-3-8-16-30(24)36/h1-20H,21H2. The van der Waals surface area contributed by atoms with E-state index in [1.807, 2.05) is 0 Å². The molecule has 1 aromatic heterocycles. The van der Waals surface area contributed by atoms with Crippen molar-refractivity contribution in [2.75, 3.05) is 4.90 Å². The van der Waals surface area contributed by atoms with Crippen LogP contribution in [0.5, 0.6) is 0 Å². The van der Waals surface area contributed by atoms with Crippen LogP contribution >= 0.6 is 0 Å².